The molecule has 1 fully saturated rings. The number of nitrogens with zero attached hydrogens (tertiary/aromatic N) is 1. The lowest BCUT2D eigenvalue weighted by atomic mass is 9.87. The van der Waals surface area contributed by atoms with Crippen LogP contribution in [0.25, 0.3) is 0 Å². The summed E-state index contributed by atoms with van der Waals surface area (Å²) in [6.07, 6.45) is 8.22. The van der Waals surface area contributed by atoms with E-state index >= 15 is 0 Å². The largest absolute Gasteiger partial charge is 0.309 e. The van der Waals surface area contributed by atoms with Crippen molar-refractivity contribution in [2.75, 3.05) is 20.6 Å². The van der Waals surface area contributed by atoms with Gasteiger partial charge in [0.2, 0.25) is 0 Å². The first-order valence-corrected chi connectivity index (χ1v) is 5.52. The Morgan fingerprint density at radius 3 is 2.62 bits per heavy atom. The molecule has 0 N–H and O–H groups in total. The van der Waals surface area contributed by atoms with E-state index in [0.29, 0.717) is 0 Å². The Labute approximate surface area is 82.8 Å². The molecule has 1 rings (SSSR count). The Hall–Kier alpha value is -0.300. The first-order valence-electron chi connectivity index (χ1n) is 5.52. The summed E-state index contributed by atoms with van der Waals surface area (Å²) < 4.78 is 0. The fourth-order valence-corrected chi connectivity index (χ4v) is 2.17. The highest BCUT2D eigenvalue weighted by Gasteiger charge is 2.15. The van der Waals surface area contributed by atoms with Crippen LogP contribution in [0.3, 0.4) is 0 Å². The van der Waals surface area contributed by atoms with E-state index < -0.39 is 0 Å². The van der Waals surface area contributed by atoms with Gasteiger partial charge in [0.1, 0.15) is 0 Å². The zero-order chi connectivity index (χ0) is 9.68. The molecule has 0 aromatic carbocycles. The number of hydrogen-bond acceptors (Lipinski definition) is 1. The molecule has 0 aliphatic heterocycles. The molecule has 0 aromatic rings. The molecule has 0 spiro atoms. The third kappa shape index (κ3) is 3.95. The average molecular weight is 181 g/mol. The van der Waals surface area contributed by atoms with Gasteiger partial charge in [0.25, 0.3) is 0 Å². The quantitative estimate of drug-likeness (QED) is 0.592. The summed E-state index contributed by atoms with van der Waals surface area (Å²) in [4.78, 5) is 2.29. The first kappa shape index (κ1) is 10.8. The van der Waals surface area contributed by atoms with E-state index in [1.165, 1.54) is 50.6 Å². The molecule has 0 bridgehead atoms. The van der Waals surface area contributed by atoms with Gasteiger partial charge in [0, 0.05) is 6.54 Å². The van der Waals surface area contributed by atoms with Crippen LogP contribution >= 0.6 is 0 Å². The van der Waals surface area contributed by atoms with Crippen molar-refractivity contribution in [3.05, 3.63) is 12.2 Å². The Bertz CT molecular complexity index is 161. The monoisotopic (exact) mass is 181 g/mol. The average Bonchev–Trinajstić information content (AvgIpc) is 2.04. The second-order valence-corrected chi connectivity index (χ2v) is 4.57. The van der Waals surface area contributed by atoms with Crippen LogP contribution in [0.2, 0.25) is 0 Å². The van der Waals surface area contributed by atoms with Gasteiger partial charge in [0.15, 0.2) is 0 Å². The summed E-state index contributed by atoms with van der Waals surface area (Å²) in [5.74, 6) is 0.760. The summed E-state index contributed by atoms with van der Waals surface area (Å²) in [6.45, 7) is 5.42. The van der Waals surface area contributed by atoms with Crippen molar-refractivity contribution in [2.45, 2.75) is 38.5 Å². The van der Waals surface area contributed by atoms with Crippen LogP contribution in [0.15, 0.2) is 12.2 Å². The third-order valence-corrected chi connectivity index (χ3v) is 2.96. The second kappa shape index (κ2) is 5.43. The molecule has 1 saturated carbocycles. The minimum atomic E-state index is 0.760. The van der Waals surface area contributed by atoms with Crippen LogP contribution in [0.1, 0.15) is 38.5 Å². The van der Waals surface area contributed by atoms with Crippen molar-refractivity contribution in [3.8, 4) is 0 Å². The topological polar surface area (TPSA) is 3.24 Å². The predicted molar refractivity (Wildman–Crippen MR) is 58.9 cm³/mol. The number of hydrogen-bond donors (Lipinski definition) is 0. The van der Waals surface area contributed by atoms with Gasteiger partial charge in [-0.1, -0.05) is 31.4 Å². The molecule has 1 heteroatoms. The molecular weight excluding hydrogens is 158 g/mol. The highest BCUT2D eigenvalue weighted by molar-refractivity contribution is 5.02. The van der Waals surface area contributed by atoms with E-state index in [1.807, 2.05) is 0 Å². The van der Waals surface area contributed by atoms with Crippen molar-refractivity contribution in [3.63, 3.8) is 0 Å². The zero-order valence-corrected chi connectivity index (χ0v) is 9.18. The fourth-order valence-electron chi connectivity index (χ4n) is 2.17. The van der Waals surface area contributed by atoms with Crippen molar-refractivity contribution >= 4 is 0 Å². The summed E-state index contributed by atoms with van der Waals surface area (Å²) in [5, 5.41) is 0. The van der Waals surface area contributed by atoms with Gasteiger partial charge in [-0.05, 0) is 39.3 Å². The normalized spacial score (nSPS) is 25.8. The minimum Gasteiger partial charge on any atom is -0.309 e. The molecule has 0 aromatic heterocycles. The molecule has 13 heavy (non-hydrogen) atoms. The summed E-state index contributed by atoms with van der Waals surface area (Å²) >= 11 is 0. The highest BCUT2D eigenvalue weighted by atomic mass is 15.1. The summed E-state index contributed by atoms with van der Waals surface area (Å²) in [6, 6.07) is 0. The van der Waals surface area contributed by atoms with Gasteiger partial charge >= 0.3 is 0 Å². The lowest BCUT2D eigenvalue weighted by Gasteiger charge is -2.25. The molecule has 0 amide bonds. The molecule has 0 saturated heterocycles. The van der Waals surface area contributed by atoms with Gasteiger partial charge in [-0.15, -0.1) is 0 Å². The molecule has 1 nitrogen and oxygen atoms in total. The predicted octanol–water partition coefficient (Wildman–Crippen LogP) is 3.07. The SMILES string of the molecule is C=C1CCCCCC[C@H]1CN(C)C. The summed E-state index contributed by atoms with van der Waals surface area (Å²) in [7, 11) is 4.32. The standard InChI is InChI=1S/C12H23N/c1-11-8-6-4-5-7-9-12(11)10-13(2)3/h12H,1,4-10H2,2-3H3/t12-/m0/s1. The van der Waals surface area contributed by atoms with Gasteiger partial charge in [-0.25, -0.2) is 0 Å². The Kier molecular flexibility index (Phi) is 4.51. The van der Waals surface area contributed by atoms with Crippen molar-refractivity contribution in [2.24, 2.45) is 5.92 Å². The zero-order valence-electron chi connectivity index (χ0n) is 9.18. The lowest BCUT2D eigenvalue weighted by molar-refractivity contribution is 0.321. The molecule has 76 valence electrons. The van der Waals surface area contributed by atoms with Crippen LogP contribution in [0, 0.1) is 5.92 Å². The lowest BCUT2D eigenvalue weighted by Crippen LogP contribution is -2.23. The van der Waals surface area contributed by atoms with E-state index in [4.69, 9.17) is 0 Å². The van der Waals surface area contributed by atoms with Gasteiger partial charge < -0.3 is 4.90 Å². The smallest absolute Gasteiger partial charge is 0.00408 e. The van der Waals surface area contributed by atoms with Crippen molar-refractivity contribution in [1.29, 1.82) is 0 Å². The summed E-state index contributed by atoms with van der Waals surface area (Å²) in [5.41, 5.74) is 1.49. The minimum absolute atomic E-state index is 0.760. The van der Waals surface area contributed by atoms with Gasteiger partial charge in [0.05, 0.1) is 0 Å². The maximum absolute atomic E-state index is 4.22. The fraction of sp³-hybridized carbons (Fsp3) is 0.833. The van der Waals surface area contributed by atoms with Gasteiger partial charge in [-0.2, -0.15) is 0 Å². The van der Waals surface area contributed by atoms with Crippen LogP contribution in [-0.2, 0) is 0 Å². The number of rotatable bonds is 2. The van der Waals surface area contributed by atoms with E-state index in [1.54, 1.807) is 0 Å². The van der Waals surface area contributed by atoms with E-state index in [2.05, 4.69) is 25.6 Å². The maximum atomic E-state index is 4.22. The second-order valence-electron chi connectivity index (χ2n) is 4.57. The molecule has 0 unspecified atom stereocenters. The maximum Gasteiger partial charge on any atom is 0.00408 e. The van der Waals surface area contributed by atoms with Crippen LogP contribution in [0.5, 0.6) is 0 Å². The van der Waals surface area contributed by atoms with Crippen LogP contribution < -0.4 is 0 Å². The first-order chi connectivity index (χ1) is 6.20. The van der Waals surface area contributed by atoms with Crippen LogP contribution in [0.4, 0.5) is 0 Å². The molecule has 0 heterocycles. The van der Waals surface area contributed by atoms with E-state index in [9.17, 15) is 0 Å². The van der Waals surface area contributed by atoms with Crippen LogP contribution in [-0.4, -0.2) is 25.5 Å². The van der Waals surface area contributed by atoms with E-state index in [0.717, 1.165) is 5.92 Å². The highest BCUT2D eigenvalue weighted by Crippen LogP contribution is 2.26. The van der Waals surface area contributed by atoms with Gasteiger partial charge in [-0.3, -0.25) is 0 Å². The van der Waals surface area contributed by atoms with Crippen molar-refractivity contribution < 1.29 is 0 Å². The Morgan fingerprint density at radius 2 is 1.92 bits per heavy atom. The Balaban J connectivity index is 2.41. The molecule has 1 aliphatic carbocycles. The third-order valence-electron chi connectivity index (χ3n) is 2.96. The molecule has 1 atom stereocenters. The molecular formula is C12H23N. The van der Waals surface area contributed by atoms with E-state index in [-0.39, 0.29) is 0 Å². The Morgan fingerprint density at radius 1 is 1.23 bits per heavy atom. The molecule has 1 aliphatic rings. The van der Waals surface area contributed by atoms with Crippen molar-refractivity contribution in [1.82, 2.24) is 4.90 Å². The molecule has 0 radical (unpaired) electrons.